The van der Waals surface area contributed by atoms with E-state index in [0.29, 0.717) is 17.3 Å². The van der Waals surface area contributed by atoms with Gasteiger partial charge in [-0.1, -0.05) is 23.7 Å². The van der Waals surface area contributed by atoms with Gasteiger partial charge in [0.15, 0.2) is 0 Å². The zero-order chi connectivity index (χ0) is 21.0. The van der Waals surface area contributed by atoms with Crippen LogP contribution in [-0.4, -0.2) is 39.7 Å². The van der Waals surface area contributed by atoms with E-state index >= 15 is 0 Å². The third-order valence-corrected chi connectivity index (χ3v) is 6.54. The molecular weight excluding hydrogens is 410 g/mol. The molecule has 1 heterocycles. The van der Waals surface area contributed by atoms with Crippen molar-refractivity contribution < 1.29 is 13.2 Å². The number of halogens is 1. The first-order valence-electron chi connectivity index (χ1n) is 9.62. The topological polar surface area (TPSA) is 69.7 Å². The second-order valence-electron chi connectivity index (χ2n) is 7.29. The first kappa shape index (κ1) is 21.5. The Balaban J connectivity index is 1.65. The summed E-state index contributed by atoms with van der Waals surface area (Å²) in [7, 11) is -3.65. The van der Waals surface area contributed by atoms with E-state index in [1.54, 1.807) is 31.2 Å². The summed E-state index contributed by atoms with van der Waals surface area (Å²) >= 11 is 5.89. The lowest BCUT2D eigenvalue weighted by atomic mass is 10.2. The molecular formula is C21H26ClN3O3S. The summed E-state index contributed by atoms with van der Waals surface area (Å²) < 4.78 is 25.7. The van der Waals surface area contributed by atoms with Crippen LogP contribution in [0, 0.1) is 0 Å². The summed E-state index contributed by atoms with van der Waals surface area (Å²) in [5.41, 5.74) is 2.55. The molecule has 0 bridgehead atoms. The van der Waals surface area contributed by atoms with Gasteiger partial charge in [0.2, 0.25) is 15.9 Å². The van der Waals surface area contributed by atoms with E-state index in [1.807, 2.05) is 12.1 Å². The molecule has 0 aromatic heterocycles. The summed E-state index contributed by atoms with van der Waals surface area (Å²) in [4.78, 5) is 15.0. The van der Waals surface area contributed by atoms with Crippen molar-refractivity contribution in [1.82, 2.24) is 5.32 Å². The monoisotopic (exact) mass is 435 g/mol. The first-order valence-corrected chi connectivity index (χ1v) is 11.8. The van der Waals surface area contributed by atoms with Crippen LogP contribution in [-0.2, 0) is 21.4 Å². The molecule has 1 saturated heterocycles. The molecule has 0 saturated carbocycles. The van der Waals surface area contributed by atoms with Crippen LogP contribution in [0.5, 0.6) is 0 Å². The zero-order valence-electron chi connectivity index (χ0n) is 16.6. The lowest BCUT2D eigenvalue weighted by Crippen LogP contribution is -2.47. The van der Waals surface area contributed by atoms with Gasteiger partial charge in [-0.2, -0.15) is 0 Å². The molecule has 2 aromatic rings. The van der Waals surface area contributed by atoms with Crippen LogP contribution in [0.4, 0.5) is 11.4 Å². The van der Waals surface area contributed by atoms with E-state index in [1.165, 1.54) is 18.5 Å². The first-order chi connectivity index (χ1) is 13.8. The molecule has 8 heteroatoms. The number of rotatable bonds is 7. The van der Waals surface area contributed by atoms with E-state index in [2.05, 4.69) is 22.3 Å². The Bertz CT molecular complexity index is 940. The highest BCUT2D eigenvalue weighted by molar-refractivity contribution is 7.92. The summed E-state index contributed by atoms with van der Waals surface area (Å²) in [6.45, 7) is 4.07. The fraction of sp³-hybridized carbons (Fsp3) is 0.381. The quantitative estimate of drug-likeness (QED) is 0.723. The summed E-state index contributed by atoms with van der Waals surface area (Å²) in [6, 6.07) is 13.6. The van der Waals surface area contributed by atoms with Gasteiger partial charge in [-0.3, -0.25) is 9.10 Å². The maximum absolute atomic E-state index is 12.7. The zero-order valence-corrected chi connectivity index (χ0v) is 18.2. The molecule has 29 heavy (non-hydrogen) atoms. The van der Waals surface area contributed by atoms with Crippen molar-refractivity contribution >= 4 is 38.9 Å². The molecule has 156 valence electrons. The van der Waals surface area contributed by atoms with Crippen molar-refractivity contribution in [1.29, 1.82) is 0 Å². The van der Waals surface area contributed by atoms with E-state index in [-0.39, 0.29) is 5.91 Å². The predicted molar refractivity (Wildman–Crippen MR) is 118 cm³/mol. The molecule has 0 spiro atoms. The third-order valence-electron chi connectivity index (χ3n) is 5.04. The van der Waals surface area contributed by atoms with Crippen LogP contribution in [0.15, 0.2) is 48.5 Å². The number of carbonyl (C=O) groups excluding carboxylic acids is 1. The van der Waals surface area contributed by atoms with E-state index in [0.717, 1.165) is 29.2 Å². The van der Waals surface area contributed by atoms with Crippen molar-refractivity contribution in [3.63, 3.8) is 0 Å². The number of amides is 1. The second kappa shape index (κ2) is 9.05. The molecule has 0 aliphatic carbocycles. The van der Waals surface area contributed by atoms with Gasteiger partial charge in [0, 0.05) is 30.3 Å². The Hall–Kier alpha value is -2.25. The van der Waals surface area contributed by atoms with Gasteiger partial charge in [-0.05, 0) is 61.7 Å². The minimum atomic E-state index is -3.65. The number of hydrogen-bond acceptors (Lipinski definition) is 4. The highest BCUT2D eigenvalue weighted by Crippen LogP contribution is 2.23. The highest BCUT2D eigenvalue weighted by Gasteiger charge is 2.28. The maximum atomic E-state index is 12.7. The molecule has 1 fully saturated rings. The van der Waals surface area contributed by atoms with Gasteiger partial charge in [0.1, 0.15) is 6.04 Å². The Morgan fingerprint density at radius 3 is 2.24 bits per heavy atom. The van der Waals surface area contributed by atoms with Crippen LogP contribution >= 0.6 is 11.6 Å². The molecule has 3 rings (SSSR count). The van der Waals surface area contributed by atoms with Crippen molar-refractivity contribution in [2.45, 2.75) is 32.4 Å². The summed E-state index contributed by atoms with van der Waals surface area (Å²) in [5, 5.41) is 3.33. The third kappa shape index (κ3) is 5.42. The number of anilines is 2. The van der Waals surface area contributed by atoms with Gasteiger partial charge in [-0.15, -0.1) is 0 Å². The normalized spacial score (nSPS) is 15.2. The van der Waals surface area contributed by atoms with Crippen molar-refractivity contribution in [3.05, 3.63) is 59.1 Å². The maximum Gasteiger partial charge on any atom is 0.243 e. The molecule has 1 unspecified atom stereocenters. The molecule has 1 N–H and O–H groups in total. The average Bonchev–Trinajstić information content (AvgIpc) is 3.22. The van der Waals surface area contributed by atoms with Crippen LogP contribution in [0.1, 0.15) is 25.3 Å². The smallest absolute Gasteiger partial charge is 0.243 e. The average molecular weight is 436 g/mol. The fourth-order valence-electron chi connectivity index (χ4n) is 3.53. The number of nitrogens with one attached hydrogen (secondary N) is 1. The summed E-state index contributed by atoms with van der Waals surface area (Å²) in [5.74, 6) is -0.367. The number of benzene rings is 2. The summed E-state index contributed by atoms with van der Waals surface area (Å²) in [6.07, 6.45) is 3.53. The molecule has 1 amide bonds. The Morgan fingerprint density at radius 1 is 1.10 bits per heavy atom. The molecule has 1 aliphatic heterocycles. The van der Waals surface area contributed by atoms with E-state index in [4.69, 9.17) is 11.6 Å². The van der Waals surface area contributed by atoms with Crippen LogP contribution in [0.25, 0.3) is 0 Å². The molecule has 0 radical (unpaired) electrons. The number of sulfonamides is 1. The lowest BCUT2D eigenvalue weighted by Gasteiger charge is -2.28. The van der Waals surface area contributed by atoms with Gasteiger partial charge >= 0.3 is 0 Å². The minimum Gasteiger partial charge on any atom is -0.372 e. The lowest BCUT2D eigenvalue weighted by molar-refractivity contribution is -0.122. The van der Waals surface area contributed by atoms with Crippen LogP contribution in [0.2, 0.25) is 5.02 Å². The Kier molecular flexibility index (Phi) is 6.70. The van der Waals surface area contributed by atoms with E-state index < -0.39 is 16.1 Å². The van der Waals surface area contributed by atoms with Crippen LogP contribution in [0.3, 0.4) is 0 Å². The predicted octanol–water partition coefficient (Wildman–Crippen LogP) is 3.41. The van der Waals surface area contributed by atoms with Gasteiger partial charge in [-0.25, -0.2) is 8.42 Å². The molecule has 1 atom stereocenters. The highest BCUT2D eigenvalue weighted by atomic mass is 35.5. The number of hydrogen-bond donors (Lipinski definition) is 1. The van der Waals surface area contributed by atoms with Crippen molar-refractivity contribution in [3.8, 4) is 0 Å². The fourth-order valence-corrected chi connectivity index (χ4v) is 4.83. The SMILES string of the molecule is CC(C(=O)NCc1ccc(N2CCCC2)cc1)N(c1ccc(Cl)cc1)S(C)(=O)=O. The van der Waals surface area contributed by atoms with Gasteiger partial charge in [0.05, 0.1) is 11.9 Å². The largest absolute Gasteiger partial charge is 0.372 e. The van der Waals surface area contributed by atoms with Gasteiger partial charge in [0.25, 0.3) is 0 Å². The number of carbonyl (C=O) groups is 1. The second-order valence-corrected chi connectivity index (χ2v) is 9.59. The van der Waals surface area contributed by atoms with Crippen molar-refractivity contribution in [2.24, 2.45) is 0 Å². The minimum absolute atomic E-state index is 0.335. The Labute approximate surface area is 177 Å². The number of nitrogens with zero attached hydrogens (tertiary/aromatic N) is 2. The molecule has 6 nitrogen and oxygen atoms in total. The van der Waals surface area contributed by atoms with Crippen molar-refractivity contribution in [2.75, 3.05) is 28.6 Å². The molecule has 2 aromatic carbocycles. The molecule has 1 aliphatic rings. The van der Waals surface area contributed by atoms with E-state index in [9.17, 15) is 13.2 Å². The standard InChI is InChI=1S/C21H26ClN3O3S/c1-16(25(29(2,27)28)20-11-7-18(22)8-12-20)21(26)23-15-17-5-9-19(10-6-17)24-13-3-4-14-24/h5-12,16H,3-4,13-15H2,1-2H3,(H,23,26). The Morgan fingerprint density at radius 2 is 1.69 bits per heavy atom. The van der Waals surface area contributed by atoms with Gasteiger partial charge < -0.3 is 10.2 Å². The van der Waals surface area contributed by atoms with Crippen LogP contribution < -0.4 is 14.5 Å².